The number of pyridine rings is 1. The van der Waals surface area contributed by atoms with Crippen LogP contribution < -0.4 is 14.4 Å². The molecule has 0 bridgehead atoms. The zero-order chi connectivity index (χ0) is 53.8. The van der Waals surface area contributed by atoms with Crippen molar-refractivity contribution in [2.24, 2.45) is 0 Å². The Balaban J connectivity index is 0.861. The van der Waals surface area contributed by atoms with Crippen LogP contribution in [0.25, 0.3) is 125 Å². The first-order chi connectivity index (χ1) is 40.7. The van der Waals surface area contributed by atoms with Crippen LogP contribution in [0.5, 0.6) is 0 Å². The van der Waals surface area contributed by atoms with E-state index in [9.17, 15) is 0 Å². The monoisotopic (exact) mass is 1050 g/mol. The molecule has 0 aliphatic rings. The Hall–Kier alpha value is -11.0. The molecule has 0 saturated carbocycles. The SMILES string of the molecule is c1ccc(N(c2ccc(-c3ccc(N(c4cc[n+](-c5ccccc5)cc4)c4cc5oc6ccc7ccccc7c6c5c5ccccc45)c4cc5ccccc5cc34)cc2)c2cc3oc4ccc5ccccc5c4c3c3ccccc23)cc1. The van der Waals surface area contributed by atoms with Gasteiger partial charge in [0.25, 0.3) is 0 Å². The number of hydrogen-bond donors (Lipinski definition) is 0. The molecule has 14 aromatic carbocycles. The normalized spacial score (nSPS) is 11.9. The molecule has 5 nitrogen and oxygen atoms in total. The molecule has 0 spiro atoms. The lowest BCUT2D eigenvalue weighted by Crippen LogP contribution is -2.29. The van der Waals surface area contributed by atoms with Crippen molar-refractivity contribution in [3.8, 4) is 16.8 Å². The minimum atomic E-state index is 0.843. The molecule has 0 radical (unpaired) electrons. The standard InChI is InChI=1S/C77H48N3O2/c1-3-21-54(22-4-1)78-43-41-57(42-44-78)80(69-48-73-77(64-30-16-14-28-62(64)69)75-60-26-12-10-18-50(60)34-40-71(75)82-73)67-38-37-58(65-45-52-19-7-8-20-53(52)46-66(65)67)51-31-35-56(36-32-51)79(55-23-5-2-6-24-55)68-47-72-76(63-29-15-13-27-61(63)68)74-59-25-11-9-17-49(59)33-39-70(74)81-72/h1-48H/q+1. The fourth-order valence-corrected chi connectivity index (χ4v) is 13.1. The zero-order valence-electron chi connectivity index (χ0n) is 44.4. The second kappa shape index (κ2) is 18.3. The number of furan rings is 2. The van der Waals surface area contributed by atoms with Gasteiger partial charge in [-0.25, -0.2) is 0 Å². The van der Waals surface area contributed by atoms with Gasteiger partial charge in [-0.15, -0.1) is 0 Å². The van der Waals surface area contributed by atoms with Crippen LogP contribution in [-0.2, 0) is 0 Å². The van der Waals surface area contributed by atoms with Gasteiger partial charge in [-0.1, -0.05) is 188 Å². The lowest BCUT2D eigenvalue weighted by molar-refractivity contribution is -0.595. The maximum Gasteiger partial charge on any atom is 0.210 e. The van der Waals surface area contributed by atoms with Crippen molar-refractivity contribution in [1.29, 1.82) is 0 Å². The largest absolute Gasteiger partial charge is 0.456 e. The average Bonchev–Trinajstić information content (AvgIpc) is 4.27. The predicted molar refractivity (Wildman–Crippen MR) is 342 cm³/mol. The van der Waals surface area contributed by atoms with Gasteiger partial charge in [-0.2, -0.15) is 4.57 Å². The summed E-state index contributed by atoms with van der Waals surface area (Å²) in [6, 6.07) is 101. The van der Waals surface area contributed by atoms with Crippen molar-refractivity contribution in [1.82, 2.24) is 0 Å². The molecule has 0 fully saturated rings. The lowest BCUT2D eigenvalue weighted by Gasteiger charge is -2.29. The third kappa shape index (κ3) is 7.16. The van der Waals surface area contributed by atoms with Crippen molar-refractivity contribution in [3.05, 3.63) is 291 Å². The highest BCUT2D eigenvalue weighted by atomic mass is 16.3. The Morgan fingerprint density at radius 1 is 0.256 bits per heavy atom. The molecule has 0 aliphatic carbocycles. The topological polar surface area (TPSA) is 36.6 Å². The van der Waals surface area contributed by atoms with Crippen molar-refractivity contribution < 1.29 is 13.4 Å². The highest BCUT2D eigenvalue weighted by molar-refractivity contribution is 6.30. The Morgan fingerprint density at radius 2 is 0.695 bits per heavy atom. The number of nitrogens with zero attached hydrogens (tertiary/aromatic N) is 3. The summed E-state index contributed by atoms with van der Waals surface area (Å²) in [6.45, 7) is 0. The van der Waals surface area contributed by atoms with E-state index < -0.39 is 0 Å². The minimum absolute atomic E-state index is 0.843. The van der Waals surface area contributed by atoms with E-state index in [1.54, 1.807) is 0 Å². The van der Waals surface area contributed by atoms with Gasteiger partial charge >= 0.3 is 0 Å². The number of benzene rings is 14. The maximum absolute atomic E-state index is 6.94. The van der Waals surface area contributed by atoms with Crippen LogP contribution >= 0.6 is 0 Å². The van der Waals surface area contributed by atoms with Gasteiger partial charge in [-0.05, 0) is 114 Å². The molecular formula is C77H48N3O2+. The Kier molecular flexibility index (Phi) is 10.2. The van der Waals surface area contributed by atoms with E-state index in [-0.39, 0.29) is 0 Å². The number of aromatic nitrogens is 1. The molecule has 17 rings (SSSR count). The number of fused-ring (bicyclic) bond motifs is 16. The van der Waals surface area contributed by atoms with E-state index in [2.05, 4.69) is 306 Å². The van der Waals surface area contributed by atoms with Crippen LogP contribution in [0.3, 0.4) is 0 Å². The van der Waals surface area contributed by atoms with Gasteiger partial charge in [0.2, 0.25) is 5.69 Å². The summed E-state index contributed by atoms with van der Waals surface area (Å²) in [6.07, 6.45) is 4.33. The zero-order valence-corrected chi connectivity index (χ0v) is 44.4. The average molecular weight is 1050 g/mol. The smallest absolute Gasteiger partial charge is 0.210 e. The van der Waals surface area contributed by atoms with E-state index in [4.69, 9.17) is 8.83 Å². The molecule has 0 saturated heterocycles. The van der Waals surface area contributed by atoms with Crippen molar-refractivity contribution >= 4 is 143 Å². The summed E-state index contributed by atoms with van der Waals surface area (Å²) < 4.78 is 15.9. The maximum atomic E-state index is 6.94. The second-order valence-corrected chi connectivity index (χ2v) is 21.4. The summed E-state index contributed by atoms with van der Waals surface area (Å²) >= 11 is 0. The van der Waals surface area contributed by atoms with Crippen LogP contribution in [-0.4, -0.2) is 0 Å². The first-order valence-electron chi connectivity index (χ1n) is 28.0. The molecule has 3 heterocycles. The van der Waals surface area contributed by atoms with Crippen molar-refractivity contribution in [3.63, 3.8) is 0 Å². The molecule has 17 aromatic rings. The van der Waals surface area contributed by atoms with Crippen LogP contribution in [0.1, 0.15) is 0 Å². The molecule has 0 N–H and O–H groups in total. The second-order valence-electron chi connectivity index (χ2n) is 21.4. The highest BCUT2D eigenvalue weighted by Crippen LogP contribution is 2.50. The third-order valence-electron chi connectivity index (χ3n) is 16.9. The van der Waals surface area contributed by atoms with Gasteiger partial charge < -0.3 is 18.6 Å². The Morgan fingerprint density at radius 3 is 1.27 bits per heavy atom. The Bertz CT molecular complexity index is 5400. The molecule has 5 heteroatoms. The van der Waals surface area contributed by atoms with Crippen LogP contribution in [0.15, 0.2) is 300 Å². The van der Waals surface area contributed by atoms with Gasteiger partial charge in [0.1, 0.15) is 22.3 Å². The molecule has 0 unspecified atom stereocenters. The molecule has 382 valence electrons. The summed E-state index contributed by atoms with van der Waals surface area (Å²) in [4.78, 5) is 4.81. The molecule has 3 aromatic heterocycles. The third-order valence-corrected chi connectivity index (χ3v) is 16.9. The van der Waals surface area contributed by atoms with E-state index in [1.165, 1.54) is 32.3 Å². The molecule has 82 heavy (non-hydrogen) atoms. The molecule has 0 aliphatic heterocycles. The number of hydrogen-bond acceptors (Lipinski definition) is 4. The van der Waals surface area contributed by atoms with E-state index in [0.29, 0.717) is 0 Å². The highest BCUT2D eigenvalue weighted by Gasteiger charge is 2.26. The molecular weight excluding hydrogens is 999 g/mol. The fourth-order valence-electron chi connectivity index (χ4n) is 13.1. The lowest BCUT2D eigenvalue weighted by atomic mass is 9.93. The first kappa shape index (κ1) is 46.0. The van der Waals surface area contributed by atoms with E-state index >= 15 is 0 Å². The van der Waals surface area contributed by atoms with Crippen LogP contribution in [0.4, 0.5) is 34.1 Å². The van der Waals surface area contributed by atoms with Gasteiger partial charge in [0.15, 0.2) is 12.4 Å². The summed E-state index contributed by atoms with van der Waals surface area (Å²) in [7, 11) is 0. The number of anilines is 6. The van der Waals surface area contributed by atoms with Gasteiger partial charge in [0.05, 0.1) is 22.7 Å². The Labute approximate surface area is 471 Å². The fraction of sp³-hybridized carbons (Fsp3) is 0. The summed E-state index contributed by atoms with van der Waals surface area (Å²) in [5.74, 6) is 0. The number of rotatable bonds is 8. The van der Waals surface area contributed by atoms with Gasteiger partial charge in [-0.3, -0.25) is 0 Å². The van der Waals surface area contributed by atoms with Crippen LogP contribution in [0, 0.1) is 0 Å². The first-order valence-corrected chi connectivity index (χ1v) is 28.0. The van der Waals surface area contributed by atoms with E-state index in [0.717, 1.165) is 127 Å². The summed E-state index contributed by atoms with van der Waals surface area (Å²) in [5, 5.41) is 18.5. The predicted octanol–water partition coefficient (Wildman–Crippen LogP) is 21.3. The minimum Gasteiger partial charge on any atom is -0.456 e. The van der Waals surface area contributed by atoms with E-state index in [1.807, 2.05) is 0 Å². The van der Waals surface area contributed by atoms with Gasteiger partial charge in [0, 0.05) is 85.5 Å². The summed E-state index contributed by atoms with van der Waals surface area (Å²) in [5.41, 5.74) is 13.1. The number of para-hydroxylation sites is 2. The quantitative estimate of drug-likeness (QED) is 0.112. The van der Waals surface area contributed by atoms with Crippen LogP contribution in [0.2, 0.25) is 0 Å². The van der Waals surface area contributed by atoms with Crippen molar-refractivity contribution in [2.45, 2.75) is 0 Å². The van der Waals surface area contributed by atoms with Crippen molar-refractivity contribution in [2.75, 3.05) is 9.80 Å². The molecule has 0 atom stereocenters. The molecule has 0 amide bonds.